The third-order valence-corrected chi connectivity index (χ3v) is 5.76. The van der Waals surface area contributed by atoms with Crippen LogP contribution >= 0.6 is 11.6 Å². The van der Waals surface area contributed by atoms with Crippen molar-refractivity contribution in [3.05, 3.63) is 51.8 Å². The van der Waals surface area contributed by atoms with E-state index in [0.29, 0.717) is 22.0 Å². The standard InChI is InChI=1S/C22H25ClN4O2/c1-13(2)18-9-10-19(27-26-18)22(28)25-16-5-7-17(8-6-16)29-20-11-4-15(12-24)21(23)14(20)3/h4,9-11,13,16-17H,5-8H2,1-3H3,(H,25,28). The number of ether oxygens (including phenoxy) is 1. The molecule has 3 rings (SSSR count). The first-order valence-electron chi connectivity index (χ1n) is 9.89. The molecule has 0 aliphatic heterocycles. The molecule has 1 N–H and O–H groups in total. The maximum atomic E-state index is 12.4. The van der Waals surface area contributed by atoms with Crippen molar-refractivity contribution >= 4 is 17.5 Å². The van der Waals surface area contributed by atoms with Gasteiger partial charge >= 0.3 is 0 Å². The summed E-state index contributed by atoms with van der Waals surface area (Å²) >= 11 is 6.22. The summed E-state index contributed by atoms with van der Waals surface area (Å²) in [5, 5.41) is 20.7. The Bertz CT molecular complexity index is 914. The number of carbonyl (C=O) groups excluding carboxylic acids is 1. The minimum atomic E-state index is -0.188. The van der Waals surface area contributed by atoms with Gasteiger partial charge in [-0.2, -0.15) is 10.4 Å². The fourth-order valence-electron chi connectivity index (χ4n) is 3.42. The Balaban J connectivity index is 1.52. The van der Waals surface area contributed by atoms with Gasteiger partial charge in [0.05, 0.1) is 22.4 Å². The van der Waals surface area contributed by atoms with E-state index in [0.717, 1.165) is 36.9 Å². The molecule has 152 valence electrons. The molecule has 0 spiro atoms. The minimum Gasteiger partial charge on any atom is -0.490 e. The molecule has 1 amide bonds. The molecule has 1 aliphatic rings. The number of hydrogen-bond donors (Lipinski definition) is 1. The van der Waals surface area contributed by atoms with Crippen LogP contribution in [0.5, 0.6) is 5.75 Å². The molecule has 0 bridgehead atoms. The summed E-state index contributed by atoms with van der Waals surface area (Å²) in [6, 6.07) is 9.23. The zero-order valence-corrected chi connectivity index (χ0v) is 17.7. The van der Waals surface area contributed by atoms with Gasteiger partial charge in [-0.15, -0.1) is 5.10 Å². The van der Waals surface area contributed by atoms with Gasteiger partial charge in [0.25, 0.3) is 5.91 Å². The lowest BCUT2D eigenvalue weighted by Crippen LogP contribution is -2.40. The zero-order chi connectivity index (χ0) is 21.0. The van der Waals surface area contributed by atoms with Crippen molar-refractivity contribution in [2.75, 3.05) is 0 Å². The van der Waals surface area contributed by atoms with Gasteiger partial charge in [0.1, 0.15) is 11.8 Å². The Labute approximate surface area is 176 Å². The van der Waals surface area contributed by atoms with Gasteiger partial charge in [0, 0.05) is 11.6 Å². The molecule has 0 unspecified atom stereocenters. The van der Waals surface area contributed by atoms with E-state index >= 15 is 0 Å². The van der Waals surface area contributed by atoms with Crippen LogP contribution in [0.3, 0.4) is 0 Å². The van der Waals surface area contributed by atoms with Gasteiger partial charge in [0.15, 0.2) is 5.69 Å². The lowest BCUT2D eigenvalue weighted by Gasteiger charge is -2.30. The fourth-order valence-corrected chi connectivity index (χ4v) is 3.62. The summed E-state index contributed by atoms with van der Waals surface area (Å²) in [5.41, 5.74) is 2.45. The van der Waals surface area contributed by atoms with Crippen LogP contribution in [0.15, 0.2) is 24.3 Å². The Morgan fingerprint density at radius 1 is 1.21 bits per heavy atom. The highest BCUT2D eigenvalue weighted by atomic mass is 35.5. The third-order valence-electron chi connectivity index (χ3n) is 5.27. The van der Waals surface area contributed by atoms with Crippen molar-refractivity contribution < 1.29 is 9.53 Å². The molecule has 6 nitrogen and oxygen atoms in total. The third kappa shape index (κ3) is 5.04. The maximum Gasteiger partial charge on any atom is 0.272 e. The summed E-state index contributed by atoms with van der Waals surface area (Å²) in [4.78, 5) is 12.4. The molecule has 0 atom stereocenters. The van der Waals surface area contributed by atoms with Gasteiger partial charge < -0.3 is 10.1 Å². The summed E-state index contributed by atoms with van der Waals surface area (Å²) in [7, 11) is 0. The highest BCUT2D eigenvalue weighted by Crippen LogP contribution is 2.31. The summed E-state index contributed by atoms with van der Waals surface area (Å²) in [6.45, 7) is 5.94. The summed E-state index contributed by atoms with van der Waals surface area (Å²) in [5.74, 6) is 0.804. The van der Waals surface area contributed by atoms with E-state index in [1.54, 1.807) is 18.2 Å². The fraction of sp³-hybridized carbons (Fsp3) is 0.455. The molecule has 7 heteroatoms. The van der Waals surface area contributed by atoms with E-state index < -0.39 is 0 Å². The minimum absolute atomic E-state index is 0.0657. The molecular formula is C22H25ClN4O2. The van der Waals surface area contributed by atoms with Gasteiger partial charge in [0.2, 0.25) is 0 Å². The molecule has 1 heterocycles. The first-order chi connectivity index (χ1) is 13.9. The zero-order valence-electron chi connectivity index (χ0n) is 16.9. The first kappa shape index (κ1) is 21.1. The average molecular weight is 413 g/mol. The van der Waals surface area contributed by atoms with Gasteiger partial charge in [-0.1, -0.05) is 25.4 Å². The molecule has 29 heavy (non-hydrogen) atoms. The molecule has 2 aromatic rings. The second-order valence-electron chi connectivity index (χ2n) is 7.73. The van der Waals surface area contributed by atoms with Crippen molar-refractivity contribution in [1.29, 1.82) is 5.26 Å². The molecule has 1 aromatic carbocycles. The van der Waals surface area contributed by atoms with Crippen LogP contribution in [0, 0.1) is 18.3 Å². The van der Waals surface area contributed by atoms with Gasteiger partial charge in [-0.3, -0.25) is 4.79 Å². The van der Waals surface area contributed by atoms with E-state index in [4.69, 9.17) is 21.6 Å². The van der Waals surface area contributed by atoms with E-state index in [-0.39, 0.29) is 24.0 Å². The van der Waals surface area contributed by atoms with Gasteiger partial charge in [-0.25, -0.2) is 0 Å². The molecular weight excluding hydrogens is 388 g/mol. The number of hydrogen-bond acceptors (Lipinski definition) is 5. The Morgan fingerprint density at radius 2 is 1.93 bits per heavy atom. The smallest absolute Gasteiger partial charge is 0.272 e. The van der Waals surface area contributed by atoms with Crippen molar-refractivity contribution in [1.82, 2.24) is 15.5 Å². The van der Waals surface area contributed by atoms with Crippen LogP contribution in [0.1, 0.15) is 72.8 Å². The second-order valence-corrected chi connectivity index (χ2v) is 8.10. The maximum absolute atomic E-state index is 12.4. The van der Waals surface area contributed by atoms with Crippen LogP contribution in [0.4, 0.5) is 0 Å². The number of nitriles is 1. The van der Waals surface area contributed by atoms with Crippen LogP contribution in [0.25, 0.3) is 0 Å². The number of carbonyl (C=O) groups is 1. The number of nitrogens with one attached hydrogen (secondary N) is 1. The largest absolute Gasteiger partial charge is 0.490 e. The van der Waals surface area contributed by atoms with Crippen LogP contribution in [-0.4, -0.2) is 28.3 Å². The first-order valence-corrected chi connectivity index (χ1v) is 10.3. The lowest BCUT2D eigenvalue weighted by molar-refractivity contribution is 0.0887. The molecule has 1 saturated carbocycles. The quantitative estimate of drug-likeness (QED) is 0.777. The van der Waals surface area contributed by atoms with E-state index in [1.165, 1.54) is 0 Å². The Kier molecular flexibility index (Phi) is 6.71. The number of halogens is 1. The van der Waals surface area contributed by atoms with Crippen LogP contribution in [0.2, 0.25) is 5.02 Å². The lowest BCUT2D eigenvalue weighted by atomic mass is 9.92. The predicted octanol–water partition coefficient (Wildman–Crippen LogP) is 4.55. The number of amides is 1. The van der Waals surface area contributed by atoms with E-state index in [9.17, 15) is 4.79 Å². The number of aromatic nitrogens is 2. The van der Waals surface area contributed by atoms with E-state index in [1.807, 2.05) is 26.8 Å². The molecule has 0 radical (unpaired) electrons. The SMILES string of the molecule is Cc1c(OC2CCC(NC(=O)c3ccc(C(C)C)nn3)CC2)ccc(C#N)c1Cl. The number of benzene rings is 1. The highest BCUT2D eigenvalue weighted by molar-refractivity contribution is 6.32. The second kappa shape index (κ2) is 9.23. The highest BCUT2D eigenvalue weighted by Gasteiger charge is 2.25. The molecule has 0 saturated heterocycles. The van der Waals surface area contributed by atoms with Crippen molar-refractivity contribution in [2.45, 2.75) is 64.5 Å². The Morgan fingerprint density at radius 3 is 2.52 bits per heavy atom. The normalized spacial score (nSPS) is 18.9. The van der Waals surface area contributed by atoms with Crippen LogP contribution in [-0.2, 0) is 0 Å². The average Bonchev–Trinajstić information content (AvgIpc) is 2.73. The molecule has 1 aromatic heterocycles. The van der Waals surface area contributed by atoms with E-state index in [2.05, 4.69) is 21.6 Å². The van der Waals surface area contributed by atoms with Crippen molar-refractivity contribution in [3.63, 3.8) is 0 Å². The topological polar surface area (TPSA) is 87.9 Å². The summed E-state index contributed by atoms with van der Waals surface area (Å²) in [6.07, 6.45) is 3.39. The van der Waals surface area contributed by atoms with Crippen molar-refractivity contribution in [2.24, 2.45) is 0 Å². The van der Waals surface area contributed by atoms with Gasteiger partial charge in [-0.05, 0) is 62.8 Å². The summed E-state index contributed by atoms with van der Waals surface area (Å²) < 4.78 is 6.11. The van der Waals surface area contributed by atoms with Crippen molar-refractivity contribution in [3.8, 4) is 11.8 Å². The number of nitrogens with zero attached hydrogens (tertiary/aromatic N) is 3. The Hall–Kier alpha value is -2.65. The monoisotopic (exact) mass is 412 g/mol. The predicted molar refractivity (Wildman–Crippen MR) is 111 cm³/mol. The van der Waals surface area contributed by atoms with Crippen LogP contribution < -0.4 is 10.1 Å². The number of rotatable bonds is 5. The molecule has 1 aliphatic carbocycles. The molecule has 1 fully saturated rings.